The minimum absolute atomic E-state index is 0.228. The fourth-order valence-electron chi connectivity index (χ4n) is 2.55. The smallest absolute Gasteiger partial charge is 0.350 e. The number of hydrogen-bond acceptors (Lipinski definition) is 4. The summed E-state index contributed by atoms with van der Waals surface area (Å²) in [6.07, 6.45) is 0.0324. The molecule has 0 aliphatic rings. The summed E-state index contributed by atoms with van der Waals surface area (Å²) >= 11 is 7.56. The molecule has 0 aliphatic carbocycles. The third-order valence-electron chi connectivity index (χ3n) is 4.02. The van der Waals surface area contributed by atoms with Crippen LogP contribution in [0.25, 0.3) is 10.1 Å². The zero-order valence-corrected chi connectivity index (χ0v) is 15.5. The van der Waals surface area contributed by atoms with Crippen molar-refractivity contribution < 1.29 is 14.3 Å². The van der Waals surface area contributed by atoms with Gasteiger partial charge in [-0.2, -0.15) is 0 Å². The van der Waals surface area contributed by atoms with Crippen LogP contribution in [0.1, 0.15) is 39.4 Å². The first-order valence-electron chi connectivity index (χ1n) is 8.02. The lowest BCUT2D eigenvalue weighted by atomic mass is 10.0. The second-order valence-corrected chi connectivity index (χ2v) is 7.13. The highest BCUT2D eigenvalue weighted by Crippen LogP contribution is 2.35. The number of ether oxygens (including phenoxy) is 1. The highest BCUT2D eigenvalue weighted by molar-refractivity contribution is 7.21. The third-order valence-corrected chi connectivity index (χ3v) is 5.68. The number of carbonyl (C=O) groups is 2. The van der Waals surface area contributed by atoms with E-state index >= 15 is 0 Å². The van der Waals surface area contributed by atoms with Crippen LogP contribution in [-0.4, -0.2) is 17.9 Å². The van der Waals surface area contributed by atoms with E-state index in [0.717, 1.165) is 22.1 Å². The Hall–Kier alpha value is -2.17. The summed E-state index contributed by atoms with van der Waals surface area (Å²) in [5.41, 5.74) is 1.68. The fraction of sp³-hybridized carbons (Fsp3) is 0.200. The molecular formula is C20H17ClO3S. The summed E-state index contributed by atoms with van der Waals surface area (Å²) in [7, 11) is 0. The maximum atomic E-state index is 12.5. The second-order valence-electron chi connectivity index (χ2n) is 5.70. The van der Waals surface area contributed by atoms with Crippen molar-refractivity contribution in [3.05, 3.63) is 69.6 Å². The monoisotopic (exact) mass is 372 g/mol. The highest BCUT2D eigenvalue weighted by Gasteiger charge is 2.24. The van der Waals surface area contributed by atoms with Gasteiger partial charge in [0.15, 0.2) is 6.10 Å². The second kappa shape index (κ2) is 7.38. The van der Waals surface area contributed by atoms with Crippen molar-refractivity contribution >= 4 is 44.8 Å². The zero-order chi connectivity index (χ0) is 18.0. The first kappa shape index (κ1) is 17.6. The Kier molecular flexibility index (Phi) is 5.21. The van der Waals surface area contributed by atoms with Gasteiger partial charge in [0, 0.05) is 15.6 Å². The van der Waals surface area contributed by atoms with Gasteiger partial charge in [-0.05, 0) is 25.0 Å². The largest absolute Gasteiger partial charge is 0.450 e. The lowest BCUT2D eigenvalue weighted by Crippen LogP contribution is -2.24. The van der Waals surface area contributed by atoms with E-state index in [4.69, 9.17) is 16.3 Å². The van der Waals surface area contributed by atoms with Crippen LogP contribution in [0.3, 0.4) is 0 Å². The molecule has 0 unspecified atom stereocenters. The molecule has 0 spiro atoms. The number of Topliss-reactive ketones (excluding diaryl/α,β-unsaturated/α-hetero) is 1. The summed E-state index contributed by atoms with van der Waals surface area (Å²) in [6, 6.07) is 14.8. The Morgan fingerprint density at radius 3 is 2.44 bits per heavy atom. The number of fused-ring (bicyclic) bond motifs is 1. The fourth-order valence-corrected chi connectivity index (χ4v) is 3.94. The van der Waals surface area contributed by atoms with Crippen molar-refractivity contribution in [2.24, 2.45) is 0 Å². The molecule has 25 heavy (non-hydrogen) atoms. The maximum Gasteiger partial charge on any atom is 0.350 e. The van der Waals surface area contributed by atoms with E-state index in [1.165, 1.54) is 11.3 Å². The van der Waals surface area contributed by atoms with Gasteiger partial charge in [0.05, 0.1) is 5.02 Å². The summed E-state index contributed by atoms with van der Waals surface area (Å²) in [5, 5.41) is 1.19. The summed E-state index contributed by atoms with van der Waals surface area (Å²) < 4.78 is 6.27. The Labute approximate surface area is 155 Å². The quantitative estimate of drug-likeness (QED) is 0.436. The molecule has 3 aromatic rings. The van der Waals surface area contributed by atoms with Gasteiger partial charge >= 0.3 is 5.97 Å². The SMILES string of the molecule is CCc1ccc(C(=O)[C@H](C)OC(=O)c2sc3ccccc3c2Cl)cc1. The Bertz CT molecular complexity index is 928. The average molecular weight is 373 g/mol. The predicted octanol–water partition coefficient (Wildman–Crippen LogP) is 5.55. The van der Waals surface area contributed by atoms with Crippen molar-refractivity contribution in [3.63, 3.8) is 0 Å². The normalized spacial score (nSPS) is 12.1. The number of esters is 1. The Balaban J connectivity index is 1.76. The molecule has 3 rings (SSSR count). The minimum Gasteiger partial charge on any atom is -0.450 e. The van der Waals surface area contributed by atoms with Crippen LogP contribution in [-0.2, 0) is 11.2 Å². The molecule has 5 heteroatoms. The number of halogens is 1. The van der Waals surface area contributed by atoms with Crippen molar-refractivity contribution in [3.8, 4) is 0 Å². The Morgan fingerprint density at radius 2 is 1.80 bits per heavy atom. The average Bonchev–Trinajstić information content (AvgIpc) is 2.98. The summed E-state index contributed by atoms with van der Waals surface area (Å²) in [5.74, 6) is -0.800. The van der Waals surface area contributed by atoms with Gasteiger partial charge in [0.25, 0.3) is 0 Å². The van der Waals surface area contributed by atoms with E-state index in [1.54, 1.807) is 19.1 Å². The van der Waals surface area contributed by atoms with Crippen molar-refractivity contribution in [2.45, 2.75) is 26.4 Å². The van der Waals surface area contributed by atoms with E-state index in [-0.39, 0.29) is 5.78 Å². The number of rotatable bonds is 5. The van der Waals surface area contributed by atoms with Gasteiger partial charge in [0.1, 0.15) is 4.88 Å². The summed E-state index contributed by atoms with van der Waals surface area (Å²) in [6.45, 7) is 3.63. The zero-order valence-electron chi connectivity index (χ0n) is 13.9. The van der Waals surface area contributed by atoms with E-state index in [9.17, 15) is 9.59 Å². The van der Waals surface area contributed by atoms with Gasteiger partial charge in [-0.25, -0.2) is 4.79 Å². The minimum atomic E-state index is -0.874. The van der Waals surface area contributed by atoms with Crippen LogP contribution in [0, 0.1) is 0 Å². The van der Waals surface area contributed by atoms with Crippen LogP contribution in [0.4, 0.5) is 0 Å². The molecule has 0 saturated heterocycles. The highest BCUT2D eigenvalue weighted by atomic mass is 35.5. The van der Waals surface area contributed by atoms with Crippen LogP contribution < -0.4 is 0 Å². The number of carbonyl (C=O) groups excluding carboxylic acids is 2. The van der Waals surface area contributed by atoms with Crippen LogP contribution in [0.15, 0.2) is 48.5 Å². The number of benzene rings is 2. The van der Waals surface area contributed by atoms with Gasteiger partial charge in [-0.15, -0.1) is 11.3 Å². The first-order valence-corrected chi connectivity index (χ1v) is 9.22. The molecule has 0 amide bonds. The molecule has 1 aromatic heterocycles. The molecular weight excluding hydrogens is 356 g/mol. The van der Waals surface area contributed by atoms with E-state index < -0.39 is 12.1 Å². The number of thiophene rings is 1. The van der Waals surface area contributed by atoms with E-state index in [2.05, 4.69) is 6.92 Å². The van der Waals surface area contributed by atoms with Gasteiger partial charge < -0.3 is 4.74 Å². The van der Waals surface area contributed by atoms with E-state index in [0.29, 0.717) is 15.5 Å². The van der Waals surface area contributed by atoms with Gasteiger partial charge in [-0.1, -0.05) is 61.0 Å². The number of aryl methyl sites for hydroxylation is 1. The molecule has 0 bridgehead atoms. The summed E-state index contributed by atoms with van der Waals surface area (Å²) in [4.78, 5) is 25.2. The van der Waals surface area contributed by atoms with Crippen LogP contribution >= 0.6 is 22.9 Å². The molecule has 1 heterocycles. The molecule has 1 atom stereocenters. The number of ketones is 1. The predicted molar refractivity (Wildman–Crippen MR) is 102 cm³/mol. The maximum absolute atomic E-state index is 12.5. The topological polar surface area (TPSA) is 43.4 Å². The van der Waals surface area contributed by atoms with Crippen LogP contribution in [0.2, 0.25) is 5.02 Å². The molecule has 0 saturated carbocycles. The lowest BCUT2D eigenvalue weighted by Gasteiger charge is -2.12. The molecule has 2 aromatic carbocycles. The molecule has 0 N–H and O–H groups in total. The first-order chi connectivity index (χ1) is 12.0. The molecule has 128 valence electrons. The van der Waals surface area contributed by atoms with Crippen molar-refractivity contribution in [1.29, 1.82) is 0 Å². The van der Waals surface area contributed by atoms with Crippen molar-refractivity contribution in [2.75, 3.05) is 0 Å². The molecule has 0 aliphatic heterocycles. The van der Waals surface area contributed by atoms with Gasteiger partial charge in [-0.3, -0.25) is 4.79 Å². The van der Waals surface area contributed by atoms with E-state index in [1.807, 2.05) is 36.4 Å². The number of hydrogen-bond donors (Lipinski definition) is 0. The van der Waals surface area contributed by atoms with Crippen LogP contribution in [0.5, 0.6) is 0 Å². The van der Waals surface area contributed by atoms with Crippen molar-refractivity contribution in [1.82, 2.24) is 0 Å². The standard InChI is InChI=1S/C20H17ClO3S/c1-3-13-8-10-14(11-9-13)18(22)12(2)24-20(23)19-17(21)15-6-4-5-7-16(15)25-19/h4-12H,3H2,1-2H3/t12-/m0/s1. The lowest BCUT2D eigenvalue weighted by molar-refractivity contribution is 0.0324. The molecule has 3 nitrogen and oxygen atoms in total. The molecule has 0 radical (unpaired) electrons. The third kappa shape index (κ3) is 3.60. The Morgan fingerprint density at radius 1 is 1.12 bits per heavy atom. The molecule has 0 fully saturated rings. The van der Waals surface area contributed by atoms with Gasteiger partial charge in [0.2, 0.25) is 5.78 Å².